The second kappa shape index (κ2) is 9.62. The average Bonchev–Trinajstić information content (AvgIpc) is 3.22. The maximum Gasteiger partial charge on any atom is 0.293 e. The molecule has 3 N–H and O–H groups in total. The number of anilines is 1. The molecular weight excluding hydrogens is 456 g/mol. The molecule has 3 aromatic rings. The summed E-state index contributed by atoms with van der Waals surface area (Å²) in [6.45, 7) is 1.68. The lowest BCUT2D eigenvalue weighted by molar-refractivity contribution is -0.384. The van der Waals surface area contributed by atoms with Gasteiger partial charge in [-0.3, -0.25) is 14.9 Å². The van der Waals surface area contributed by atoms with Gasteiger partial charge in [0.15, 0.2) is 0 Å². The van der Waals surface area contributed by atoms with Gasteiger partial charge in [-0.1, -0.05) is 48.5 Å². The first kappa shape index (κ1) is 23.4. The fourth-order valence-corrected chi connectivity index (χ4v) is 4.55. The first-order valence-electron chi connectivity index (χ1n) is 10.7. The molecule has 0 radical (unpaired) electrons. The van der Waals surface area contributed by atoms with Crippen LogP contribution in [0.1, 0.15) is 24.0 Å². The van der Waals surface area contributed by atoms with E-state index in [1.54, 1.807) is 0 Å². The number of sulfonamides is 1. The van der Waals surface area contributed by atoms with Gasteiger partial charge >= 0.3 is 0 Å². The Hall–Kier alpha value is -3.76. The molecule has 0 aromatic heterocycles. The zero-order valence-electron chi connectivity index (χ0n) is 18.3. The largest absolute Gasteiger partial charge is 0.375 e. The highest BCUT2D eigenvalue weighted by Crippen LogP contribution is 2.30. The number of nitro benzene ring substituents is 1. The summed E-state index contributed by atoms with van der Waals surface area (Å²) in [4.78, 5) is 24.3. The number of hydrogen-bond donors (Lipinski definition) is 2. The molecule has 0 aliphatic carbocycles. The van der Waals surface area contributed by atoms with Crippen molar-refractivity contribution >= 4 is 27.3 Å². The molecule has 0 bridgehead atoms. The predicted octanol–water partition coefficient (Wildman–Crippen LogP) is 3.64. The molecule has 4 rings (SSSR count). The highest BCUT2D eigenvalue weighted by Gasteiger charge is 2.21. The summed E-state index contributed by atoms with van der Waals surface area (Å²) in [5.41, 5.74) is 3.73. The van der Waals surface area contributed by atoms with Crippen molar-refractivity contribution in [1.82, 2.24) is 4.90 Å². The van der Waals surface area contributed by atoms with E-state index >= 15 is 0 Å². The molecule has 1 heterocycles. The molecule has 1 amide bonds. The standard InChI is InChI=1S/C24H24N4O5S/c25-34(32,33)20-11-12-22(23(14-20)28(30)31)26-15-19-4-1-2-5-21(19)18-9-7-17(8-10-18)16-27-13-3-6-24(27)29/h1-2,4-5,7-12,14,26H,3,6,13,15-16H2,(H2,25,32,33). The number of rotatable bonds is 8. The molecule has 3 aromatic carbocycles. The minimum atomic E-state index is -4.05. The molecule has 0 saturated carbocycles. The number of nitro groups is 1. The number of primary sulfonamides is 1. The van der Waals surface area contributed by atoms with Gasteiger partial charge in [0.05, 0.1) is 9.82 Å². The third-order valence-corrected chi connectivity index (χ3v) is 6.70. The molecule has 9 nitrogen and oxygen atoms in total. The van der Waals surface area contributed by atoms with Crippen molar-refractivity contribution in [1.29, 1.82) is 0 Å². The van der Waals surface area contributed by atoms with E-state index in [2.05, 4.69) is 5.32 Å². The number of nitrogens with one attached hydrogen (secondary N) is 1. The van der Waals surface area contributed by atoms with Crippen molar-refractivity contribution in [2.75, 3.05) is 11.9 Å². The number of nitrogens with zero attached hydrogens (tertiary/aromatic N) is 2. The van der Waals surface area contributed by atoms with Gasteiger partial charge in [-0.05, 0) is 40.8 Å². The molecule has 1 aliphatic heterocycles. The van der Waals surface area contributed by atoms with E-state index in [4.69, 9.17) is 5.14 Å². The van der Waals surface area contributed by atoms with Crippen LogP contribution >= 0.6 is 0 Å². The number of carbonyl (C=O) groups excluding carboxylic acids is 1. The lowest BCUT2D eigenvalue weighted by Crippen LogP contribution is -2.23. The summed E-state index contributed by atoms with van der Waals surface area (Å²) in [7, 11) is -4.05. The number of nitrogens with two attached hydrogens (primary N) is 1. The van der Waals surface area contributed by atoms with Gasteiger partial charge in [0.25, 0.3) is 5.69 Å². The molecular formula is C24H24N4O5S. The monoisotopic (exact) mass is 480 g/mol. The van der Waals surface area contributed by atoms with Gasteiger partial charge in [0.2, 0.25) is 15.9 Å². The van der Waals surface area contributed by atoms with Crippen molar-refractivity contribution in [2.24, 2.45) is 5.14 Å². The van der Waals surface area contributed by atoms with E-state index in [1.807, 2.05) is 53.4 Å². The van der Waals surface area contributed by atoms with Crippen LogP contribution in [0.25, 0.3) is 11.1 Å². The Morgan fingerprint density at radius 1 is 1.06 bits per heavy atom. The summed E-state index contributed by atoms with van der Waals surface area (Å²) < 4.78 is 23.1. The Kier molecular flexibility index (Phi) is 6.62. The molecule has 0 spiro atoms. The number of benzene rings is 3. The van der Waals surface area contributed by atoms with E-state index in [0.717, 1.165) is 41.3 Å². The van der Waals surface area contributed by atoms with Crippen molar-refractivity contribution < 1.29 is 18.1 Å². The average molecular weight is 481 g/mol. The Morgan fingerprint density at radius 2 is 1.79 bits per heavy atom. The predicted molar refractivity (Wildman–Crippen MR) is 128 cm³/mol. The molecule has 1 fully saturated rings. The molecule has 0 unspecified atom stereocenters. The summed E-state index contributed by atoms with van der Waals surface area (Å²) in [5.74, 6) is 0.187. The number of likely N-dealkylation sites (tertiary alicyclic amines) is 1. The summed E-state index contributed by atoms with van der Waals surface area (Å²) in [6.07, 6.45) is 1.52. The van der Waals surface area contributed by atoms with Crippen LogP contribution in [0.2, 0.25) is 0 Å². The van der Waals surface area contributed by atoms with Crippen LogP contribution < -0.4 is 10.5 Å². The van der Waals surface area contributed by atoms with Crippen molar-refractivity contribution in [3.05, 3.63) is 88.0 Å². The van der Waals surface area contributed by atoms with Crippen LogP contribution in [0.5, 0.6) is 0 Å². The van der Waals surface area contributed by atoms with Crippen LogP contribution in [0, 0.1) is 10.1 Å². The third kappa shape index (κ3) is 5.24. The fourth-order valence-electron chi connectivity index (χ4n) is 4.02. The minimum Gasteiger partial charge on any atom is -0.375 e. The van der Waals surface area contributed by atoms with Gasteiger partial charge in [-0.2, -0.15) is 0 Å². The molecule has 0 atom stereocenters. The van der Waals surface area contributed by atoms with Crippen LogP contribution in [-0.4, -0.2) is 30.7 Å². The highest BCUT2D eigenvalue weighted by atomic mass is 32.2. The van der Waals surface area contributed by atoms with Gasteiger partial charge in [-0.15, -0.1) is 0 Å². The summed E-state index contributed by atoms with van der Waals surface area (Å²) in [6, 6.07) is 19.2. The minimum absolute atomic E-state index is 0.187. The van der Waals surface area contributed by atoms with Crippen molar-refractivity contribution in [3.8, 4) is 11.1 Å². The van der Waals surface area contributed by atoms with E-state index in [9.17, 15) is 23.3 Å². The van der Waals surface area contributed by atoms with E-state index in [0.29, 0.717) is 13.0 Å². The Bertz CT molecular complexity index is 1340. The molecule has 1 saturated heterocycles. The maximum atomic E-state index is 11.9. The lowest BCUT2D eigenvalue weighted by atomic mass is 9.98. The molecule has 1 aliphatic rings. The SMILES string of the molecule is NS(=O)(=O)c1ccc(NCc2ccccc2-c2ccc(CN3CCCC3=O)cc2)c([N+](=O)[O-])c1. The molecule has 10 heteroatoms. The zero-order valence-corrected chi connectivity index (χ0v) is 19.1. The van der Waals surface area contributed by atoms with E-state index in [1.165, 1.54) is 12.1 Å². The number of amides is 1. The summed E-state index contributed by atoms with van der Waals surface area (Å²) >= 11 is 0. The number of carbonyl (C=O) groups is 1. The Balaban J connectivity index is 1.53. The number of hydrogen-bond acceptors (Lipinski definition) is 6. The quantitative estimate of drug-likeness (QED) is 0.373. The Morgan fingerprint density at radius 3 is 2.44 bits per heavy atom. The van der Waals surface area contributed by atoms with E-state index in [-0.39, 0.29) is 28.7 Å². The zero-order chi connectivity index (χ0) is 24.3. The fraction of sp³-hybridized carbons (Fsp3) is 0.208. The topological polar surface area (TPSA) is 136 Å². The van der Waals surface area contributed by atoms with Crippen LogP contribution in [0.15, 0.2) is 71.6 Å². The van der Waals surface area contributed by atoms with Crippen LogP contribution in [0.3, 0.4) is 0 Å². The van der Waals surface area contributed by atoms with Gasteiger partial charge < -0.3 is 10.2 Å². The maximum absolute atomic E-state index is 11.9. The normalized spacial score (nSPS) is 13.8. The van der Waals surface area contributed by atoms with Crippen molar-refractivity contribution in [2.45, 2.75) is 30.8 Å². The Labute approximate surface area is 197 Å². The molecule has 34 heavy (non-hydrogen) atoms. The van der Waals surface area contributed by atoms with Gasteiger partial charge in [0.1, 0.15) is 5.69 Å². The van der Waals surface area contributed by atoms with Gasteiger partial charge in [0, 0.05) is 32.1 Å². The first-order chi connectivity index (χ1) is 16.2. The first-order valence-corrected chi connectivity index (χ1v) is 12.3. The van der Waals surface area contributed by atoms with Crippen LogP contribution in [-0.2, 0) is 27.9 Å². The third-order valence-electron chi connectivity index (χ3n) is 5.79. The second-order valence-corrected chi connectivity index (χ2v) is 9.67. The second-order valence-electron chi connectivity index (χ2n) is 8.11. The van der Waals surface area contributed by atoms with E-state index < -0.39 is 14.9 Å². The highest BCUT2D eigenvalue weighted by molar-refractivity contribution is 7.89. The smallest absolute Gasteiger partial charge is 0.293 e. The van der Waals surface area contributed by atoms with Crippen LogP contribution in [0.4, 0.5) is 11.4 Å². The summed E-state index contributed by atoms with van der Waals surface area (Å²) in [5, 5.41) is 19.6. The van der Waals surface area contributed by atoms with Gasteiger partial charge in [-0.25, -0.2) is 13.6 Å². The lowest BCUT2D eigenvalue weighted by Gasteiger charge is -2.16. The van der Waals surface area contributed by atoms with Crippen molar-refractivity contribution in [3.63, 3.8) is 0 Å². The molecule has 176 valence electrons.